The lowest BCUT2D eigenvalue weighted by molar-refractivity contribution is 0.0600. The van der Waals surface area contributed by atoms with E-state index in [1.807, 2.05) is 18.2 Å². The van der Waals surface area contributed by atoms with Crippen LogP contribution in [0.3, 0.4) is 0 Å². The van der Waals surface area contributed by atoms with E-state index >= 15 is 0 Å². The summed E-state index contributed by atoms with van der Waals surface area (Å²) < 4.78 is 6.30. The number of esters is 1. The van der Waals surface area contributed by atoms with Gasteiger partial charge >= 0.3 is 5.97 Å². The van der Waals surface area contributed by atoms with Crippen LogP contribution in [0.5, 0.6) is 0 Å². The normalized spacial score (nSPS) is 10.2. The van der Waals surface area contributed by atoms with Gasteiger partial charge in [-0.05, 0) is 19.1 Å². The number of hydrogen-bond donors (Lipinski definition) is 1. The first kappa shape index (κ1) is 11.2. The van der Waals surface area contributed by atoms with Gasteiger partial charge in [0.15, 0.2) is 0 Å². The van der Waals surface area contributed by atoms with E-state index in [1.165, 1.54) is 13.3 Å². The minimum Gasteiger partial charge on any atom is -0.465 e. The predicted molar refractivity (Wildman–Crippen MR) is 64.1 cm³/mol. The molecule has 0 amide bonds. The molecule has 0 aliphatic heterocycles. The summed E-state index contributed by atoms with van der Waals surface area (Å²) in [6.07, 6.45) is 1.48. The van der Waals surface area contributed by atoms with Crippen LogP contribution < -0.4 is 5.73 Å². The minimum atomic E-state index is -0.400. The molecule has 0 spiro atoms. The van der Waals surface area contributed by atoms with Gasteiger partial charge in [-0.3, -0.25) is 0 Å². The van der Waals surface area contributed by atoms with Crippen molar-refractivity contribution in [1.82, 2.24) is 9.78 Å². The maximum Gasteiger partial charge on any atom is 0.341 e. The second kappa shape index (κ2) is 4.29. The molecule has 5 nitrogen and oxygen atoms in total. The molecule has 17 heavy (non-hydrogen) atoms. The second-order valence-electron chi connectivity index (χ2n) is 3.61. The number of rotatable bonds is 2. The number of carbonyl (C=O) groups excluding carboxylic acids is 1. The molecule has 0 saturated heterocycles. The minimum absolute atomic E-state index is 0.400. The van der Waals surface area contributed by atoms with Crippen LogP contribution in [0.25, 0.3) is 5.69 Å². The van der Waals surface area contributed by atoms with Crippen molar-refractivity contribution in [2.75, 3.05) is 12.8 Å². The van der Waals surface area contributed by atoms with E-state index in [0.29, 0.717) is 16.9 Å². The molecule has 0 aliphatic carbocycles. The summed E-state index contributed by atoms with van der Waals surface area (Å²) in [5.41, 5.74) is 8.36. The largest absolute Gasteiger partial charge is 0.465 e. The molecule has 0 fully saturated rings. The Kier molecular flexibility index (Phi) is 2.82. The fraction of sp³-hybridized carbons (Fsp3) is 0.167. The van der Waals surface area contributed by atoms with Crippen LogP contribution in [-0.2, 0) is 4.74 Å². The molecule has 2 aromatic rings. The SMILES string of the molecule is COC(=O)c1cnn(-c2ccccc2N)c1C. The van der Waals surface area contributed by atoms with E-state index in [4.69, 9.17) is 5.73 Å². The summed E-state index contributed by atoms with van der Waals surface area (Å²) in [6.45, 7) is 1.80. The summed E-state index contributed by atoms with van der Waals surface area (Å²) in [7, 11) is 1.34. The van der Waals surface area contributed by atoms with Crippen LogP contribution in [-0.4, -0.2) is 22.9 Å². The molecule has 0 saturated carbocycles. The zero-order valence-electron chi connectivity index (χ0n) is 9.68. The lowest BCUT2D eigenvalue weighted by Crippen LogP contribution is -2.06. The lowest BCUT2D eigenvalue weighted by Gasteiger charge is -2.07. The van der Waals surface area contributed by atoms with Gasteiger partial charge in [0, 0.05) is 0 Å². The smallest absolute Gasteiger partial charge is 0.341 e. The molecule has 0 radical (unpaired) electrons. The van der Waals surface area contributed by atoms with Gasteiger partial charge in [0.25, 0.3) is 0 Å². The molecule has 2 rings (SSSR count). The summed E-state index contributed by atoms with van der Waals surface area (Å²) in [5, 5.41) is 4.15. The number of ether oxygens (including phenoxy) is 1. The molecule has 0 atom stereocenters. The zero-order valence-corrected chi connectivity index (χ0v) is 9.68. The third-order valence-electron chi connectivity index (χ3n) is 2.58. The van der Waals surface area contributed by atoms with Crippen LogP contribution in [0.15, 0.2) is 30.5 Å². The van der Waals surface area contributed by atoms with Crippen molar-refractivity contribution < 1.29 is 9.53 Å². The number of nitrogen functional groups attached to an aromatic ring is 1. The van der Waals surface area contributed by atoms with Gasteiger partial charge in [-0.25, -0.2) is 9.48 Å². The van der Waals surface area contributed by atoms with Gasteiger partial charge < -0.3 is 10.5 Å². The Labute approximate surface area is 98.8 Å². The highest BCUT2D eigenvalue weighted by molar-refractivity contribution is 5.90. The van der Waals surface area contributed by atoms with E-state index in [2.05, 4.69) is 9.84 Å². The number of carbonyl (C=O) groups is 1. The Bertz CT molecular complexity index is 561. The molecule has 0 unspecified atom stereocenters. The Hall–Kier alpha value is -2.30. The highest BCUT2D eigenvalue weighted by Gasteiger charge is 2.16. The maximum absolute atomic E-state index is 11.5. The Balaban J connectivity index is 2.52. The third kappa shape index (κ3) is 1.87. The summed E-state index contributed by atoms with van der Waals surface area (Å²) in [4.78, 5) is 11.5. The van der Waals surface area contributed by atoms with Crippen LogP contribution in [0.2, 0.25) is 0 Å². The van der Waals surface area contributed by atoms with E-state index in [-0.39, 0.29) is 0 Å². The van der Waals surface area contributed by atoms with Crippen molar-refractivity contribution in [3.05, 3.63) is 41.7 Å². The van der Waals surface area contributed by atoms with E-state index in [9.17, 15) is 4.79 Å². The average molecular weight is 231 g/mol. The van der Waals surface area contributed by atoms with Gasteiger partial charge in [0.05, 0.1) is 30.4 Å². The first-order valence-corrected chi connectivity index (χ1v) is 5.13. The van der Waals surface area contributed by atoms with Crippen molar-refractivity contribution in [2.24, 2.45) is 0 Å². The number of nitrogens with zero attached hydrogens (tertiary/aromatic N) is 2. The zero-order chi connectivity index (χ0) is 12.4. The van der Waals surface area contributed by atoms with Crippen LogP contribution in [0, 0.1) is 6.92 Å². The molecule has 1 aromatic carbocycles. The fourth-order valence-corrected chi connectivity index (χ4v) is 1.64. The molecule has 5 heteroatoms. The molecular weight excluding hydrogens is 218 g/mol. The Morgan fingerprint density at radius 2 is 2.12 bits per heavy atom. The number of hydrogen-bond acceptors (Lipinski definition) is 4. The lowest BCUT2D eigenvalue weighted by atomic mass is 10.2. The van der Waals surface area contributed by atoms with Gasteiger partial charge in [0.2, 0.25) is 0 Å². The topological polar surface area (TPSA) is 70.1 Å². The molecule has 1 aromatic heterocycles. The first-order valence-electron chi connectivity index (χ1n) is 5.13. The predicted octanol–water partition coefficient (Wildman–Crippen LogP) is 1.55. The molecule has 0 aliphatic rings. The van der Waals surface area contributed by atoms with Gasteiger partial charge in [-0.15, -0.1) is 0 Å². The molecule has 0 bridgehead atoms. The summed E-state index contributed by atoms with van der Waals surface area (Å²) >= 11 is 0. The number of aromatic nitrogens is 2. The number of anilines is 1. The van der Waals surface area contributed by atoms with E-state index in [1.54, 1.807) is 17.7 Å². The average Bonchev–Trinajstić information content (AvgIpc) is 2.71. The number of benzene rings is 1. The summed E-state index contributed by atoms with van der Waals surface area (Å²) in [6, 6.07) is 7.34. The molecular formula is C12H13N3O2. The van der Waals surface area contributed by atoms with Gasteiger partial charge in [-0.2, -0.15) is 5.10 Å². The Morgan fingerprint density at radius 3 is 2.76 bits per heavy atom. The highest BCUT2D eigenvalue weighted by atomic mass is 16.5. The van der Waals surface area contributed by atoms with Crippen molar-refractivity contribution in [1.29, 1.82) is 0 Å². The molecule has 88 valence electrons. The number of nitrogens with two attached hydrogens (primary N) is 1. The second-order valence-corrected chi connectivity index (χ2v) is 3.61. The third-order valence-corrected chi connectivity index (χ3v) is 2.58. The highest BCUT2D eigenvalue weighted by Crippen LogP contribution is 2.19. The summed E-state index contributed by atoms with van der Waals surface area (Å²) in [5.74, 6) is -0.400. The maximum atomic E-state index is 11.5. The fourth-order valence-electron chi connectivity index (χ4n) is 1.64. The van der Waals surface area contributed by atoms with Crippen LogP contribution in [0.4, 0.5) is 5.69 Å². The molecule has 2 N–H and O–H groups in total. The van der Waals surface area contributed by atoms with Crippen molar-refractivity contribution in [3.8, 4) is 5.69 Å². The molecule has 1 heterocycles. The standard InChI is InChI=1S/C12H13N3O2/c1-8-9(12(16)17-2)7-14-15(8)11-6-4-3-5-10(11)13/h3-7H,13H2,1-2H3. The van der Waals surface area contributed by atoms with Crippen molar-refractivity contribution >= 4 is 11.7 Å². The quantitative estimate of drug-likeness (QED) is 0.628. The van der Waals surface area contributed by atoms with Crippen LogP contribution >= 0.6 is 0 Å². The number of para-hydroxylation sites is 2. The monoisotopic (exact) mass is 231 g/mol. The van der Waals surface area contributed by atoms with Gasteiger partial charge in [0.1, 0.15) is 5.56 Å². The van der Waals surface area contributed by atoms with Gasteiger partial charge in [-0.1, -0.05) is 12.1 Å². The Morgan fingerprint density at radius 1 is 1.41 bits per heavy atom. The van der Waals surface area contributed by atoms with Crippen LogP contribution in [0.1, 0.15) is 16.1 Å². The van der Waals surface area contributed by atoms with E-state index < -0.39 is 5.97 Å². The van der Waals surface area contributed by atoms with Crippen molar-refractivity contribution in [3.63, 3.8) is 0 Å². The van der Waals surface area contributed by atoms with Crippen molar-refractivity contribution in [2.45, 2.75) is 6.92 Å². The number of methoxy groups -OCH3 is 1. The van der Waals surface area contributed by atoms with E-state index in [0.717, 1.165) is 5.69 Å². The first-order chi connectivity index (χ1) is 8.15.